The van der Waals surface area contributed by atoms with E-state index in [1.54, 1.807) is 12.1 Å². The Labute approximate surface area is 106 Å². The summed E-state index contributed by atoms with van der Waals surface area (Å²) < 4.78 is 0. The number of hydrogen-bond donors (Lipinski definition) is 3. The summed E-state index contributed by atoms with van der Waals surface area (Å²) in [6.45, 7) is 3.71. The molecule has 1 amide bonds. The molecule has 0 radical (unpaired) electrons. The lowest BCUT2D eigenvalue weighted by molar-refractivity contribution is 0.0917. The zero-order valence-electron chi connectivity index (χ0n) is 9.90. The first kappa shape index (κ1) is 13.8. The first-order valence-corrected chi connectivity index (χ1v) is 5.80. The van der Waals surface area contributed by atoms with E-state index >= 15 is 0 Å². The van der Waals surface area contributed by atoms with Crippen molar-refractivity contribution in [1.29, 1.82) is 0 Å². The van der Waals surface area contributed by atoms with E-state index in [1.165, 1.54) is 6.07 Å². The van der Waals surface area contributed by atoms with E-state index < -0.39 is 0 Å². The van der Waals surface area contributed by atoms with Crippen molar-refractivity contribution in [3.8, 4) is 0 Å². The first-order chi connectivity index (χ1) is 7.95. The second-order valence-corrected chi connectivity index (χ2v) is 4.59. The zero-order chi connectivity index (χ0) is 13.0. The van der Waals surface area contributed by atoms with Gasteiger partial charge in [-0.1, -0.05) is 18.5 Å². The molecule has 1 aromatic rings. The van der Waals surface area contributed by atoms with Gasteiger partial charge in [0.05, 0.1) is 5.56 Å². The summed E-state index contributed by atoms with van der Waals surface area (Å²) in [5.41, 5.74) is 6.45. The van der Waals surface area contributed by atoms with Crippen LogP contribution in [0.3, 0.4) is 0 Å². The summed E-state index contributed by atoms with van der Waals surface area (Å²) in [6.07, 6.45) is 0. The second kappa shape index (κ2) is 5.89. The Balaban J connectivity index is 2.79. The fourth-order valence-corrected chi connectivity index (χ4v) is 1.48. The van der Waals surface area contributed by atoms with Gasteiger partial charge in [-0.3, -0.25) is 4.79 Å². The van der Waals surface area contributed by atoms with Gasteiger partial charge in [-0.2, -0.15) is 0 Å². The van der Waals surface area contributed by atoms with E-state index in [2.05, 4.69) is 5.32 Å². The molecule has 1 rings (SSSR count). The molecule has 17 heavy (non-hydrogen) atoms. The molecule has 0 aliphatic carbocycles. The molecule has 0 spiro atoms. The number of aliphatic hydroxyl groups is 1. The highest BCUT2D eigenvalue weighted by Crippen LogP contribution is 2.18. The van der Waals surface area contributed by atoms with Crippen LogP contribution in [0.2, 0.25) is 5.02 Å². The van der Waals surface area contributed by atoms with E-state index in [0.29, 0.717) is 16.3 Å². The minimum atomic E-state index is -0.280. The predicted molar refractivity (Wildman–Crippen MR) is 69.0 cm³/mol. The third-order valence-corrected chi connectivity index (χ3v) is 3.00. The average Bonchev–Trinajstić information content (AvgIpc) is 2.30. The molecule has 0 bridgehead atoms. The van der Waals surface area contributed by atoms with Gasteiger partial charge in [0.25, 0.3) is 5.91 Å². The summed E-state index contributed by atoms with van der Waals surface area (Å²) in [5, 5.41) is 12.2. The van der Waals surface area contributed by atoms with Crippen LogP contribution in [0.1, 0.15) is 24.2 Å². The summed E-state index contributed by atoms with van der Waals surface area (Å²) in [4.78, 5) is 11.9. The van der Waals surface area contributed by atoms with Crippen LogP contribution in [0.5, 0.6) is 0 Å². The van der Waals surface area contributed by atoms with Crippen molar-refractivity contribution < 1.29 is 9.90 Å². The van der Waals surface area contributed by atoms with E-state index in [9.17, 15) is 4.79 Å². The Morgan fingerprint density at radius 1 is 1.53 bits per heavy atom. The molecule has 94 valence electrons. The smallest absolute Gasteiger partial charge is 0.253 e. The van der Waals surface area contributed by atoms with Crippen molar-refractivity contribution in [2.75, 3.05) is 12.3 Å². The number of carbonyl (C=O) groups is 1. The largest absolute Gasteiger partial charge is 0.398 e. The van der Waals surface area contributed by atoms with Gasteiger partial charge in [-0.15, -0.1) is 0 Å². The zero-order valence-corrected chi connectivity index (χ0v) is 10.7. The summed E-state index contributed by atoms with van der Waals surface area (Å²) in [5.74, 6) is -0.294. The Morgan fingerprint density at radius 3 is 2.76 bits per heavy atom. The number of nitrogens with one attached hydrogen (secondary N) is 1. The number of nitrogen functional groups attached to an aromatic ring is 1. The van der Waals surface area contributed by atoms with Gasteiger partial charge in [0.1, 0.15) is 0 Å². The molecule has 5 heteroatoms. The molecule has 1 aromatic carbocycles. The maximum absolute atomic E-state index is 11.9. The normalized spacial score (nSPS) is 14.1. The van der Waals surface area contributed by atoms with E-state index in [0.717, 1.165) is 0 Å². The van der Waals surface area contributed by atoms with Crippen LogP contribution in [0, 0.1) is 5.92 Å². The van der Waals surface area contributed by atoms with Crippen LogP contribution in [0.4, 0.5) is 5.69 Å². The van der Waals surface area contributed by atoms with Gasteiger partial charge in [0.2, 0.25) is 0 Å². The van der Waals surface area contributed by atoms with Crippen LogP contribution in [0.25, 0.3) is 0 Å². The molecule has 4 nitrogen and oxygen atoms in total. The molecule has 0 heterocycles. The van der Waals surface area contributed by atoms with Crippen molar-refractivity contribution in [1.82, 2.24) is 5.32 Å². The molecule has 2 atom stereocenters. The number of benzene rings is 1. The molecule has 0 aromatic heterocycles. The molecule has 2 unspecified atom stereocenters. The van der Waals surface area contributed by atoms with Crippen LogP contribution >= 0.6 is 11.6 Å². The molecule has 0 saturated heterocycles. The lowest BCUT2D eigenvalue weighted by Crippen LogP contribution is -2.38. The van der Waals surface area contributed by atoms with Crippen molar-refractivity contribution in [2.24, 2.45) is 5.92 Å². The predicted octanol–water partition coefficient (Wildman–Crippen LogP) is 1.67. The minimum Gasteiger partial charge on any atom is -0.398 e. The van der Waals surface area contributed by atoms with Crippen molar-refractivity contribution in [3.05, 3.63) is 28.8 Å². The third-order valence-electron chi connectivity index (χ3n) is 2.76. The number of aliphatic hydroxyl groups excluding tert-OH is 1. The van der Waals surface area contributed by atoms with Crippen LogP contribution < -0.4 is 11.1 Å². The Bertz CT molecular complexity index is 409. The quantitative estimate of drug-likeness (QED) is 0.718. The average molecular weight is 257 g/mol. The Hall–Kier alpha value is -1.26. The molecular weight excluding hydrogens is 240 g/mol. The molecule has 0 fully saturated rings. The number of amides is 1. The van der Waals surface area contributed by atoms with E-state index in [1.807, 2.05) is 13.8 Å². The monoisotopic (exact) mass is 256 g/mol. The highest BCUT2D eigenvalue weighted by molar-refractivity contribution is 6.31. The summed E-state index contributed by atoms with van der Waals surface area (Å²) >= 11 is 5.81. The van der Waals surface area contributed by atoms with E-state index in [-0.39, 0.29) is 24.5 Å². The van der Waals surface area contributed by atoms with Gasteiger partial charge in [0.15, 0.2) is 0 Å². The molecule has 0 aliphatic rings. The van der Waals surface area contributed by atoms with Crippen molar-refractivity contribution >= 4 is 23.2 Å². The number of carbonyl (C=O) groups excluding carboxylic acids is 1. The number of hydrogen-bond acceptors (Lipinski definition) is 3. The second-order valence-electron chi connectivity index (χ2n) is 4.15. The summed E-state index contributed by atoms with van der Waals surface area (Å²) in [7, 11) is 0. The maximum Gasteiger partial charge on any atom is 0.253 e. The molecule has 0 saturated carbocycles. The Morgan fingerprint density at radius 2 is 2.18 bits per heavy atom. The Kier molecular flexibility index (Phi) is 4.78. The fraction of sp³-hybridized carbons (Fsp3) is 0.417. The first-order valence-electron chi connectivity index (χ1n) is 5.42. The van der Waals surface area contributed by atoms with Gasteiger partial charge in [-0.25, -0.2) is 0 Å². The fourth-order valence-electron chi connectivity index (χ4n) is 1.31. The van der Waals surface area contributed by atoms with Crippen LogP contribution in [-0.4, -0.2) is 23.7 Å². The number of rotatable bonds is 4. The third kappa shape index (κ3) is 3.61. The van der Waals surface area contributed by atoms with E-state index in [4.69, 9.17) is 22.4 Å². The number of halogens is 1. The number of nitrogens with two attached hydrogens (primary N) is 1. The molecule has 4 N–H and O–H groups in total. The van der Waals surface area contributed by atoms with Gasteiger partial charge in [0, 0.05) is 23.4 Å². The molecule has 0 aliphatic heterocycles. The standard InChI is InChI=1S/C12H17ClN2O2/c1-7(6-16)8(2)15-12(17)10-5-9(13)3-4-11(10)14/h3-5,7-8,16H,6,14H2,1-2H3,(H,15,17). The maximum atomic E-state index is 11.9. The van der Waals surface area contributed by atoms with Crippen molar-refractivity contribution in [3.63, 3.8) is 0 Å². The highest BCUT2D eigenvalue weighted by Gasteiger charge is 2.16. The van der Waals surface area contributed by atoms with Crippen molar-refractivity contribution in [2.45, 2.75) is 19.9 Å². The SMILES string of the molecule is CC(CO)C(C)NC(=O)c1cc(Cl)ccc1N. The minimum absolute atomic E-state index is 0.0145. The highest BCUT2D eigenvalue weighted by atomic mass is 35.5. The van der Waals surface area contributed by atoms with Crippen LogP contribution in [-0.2, 0) is 0 Å². The summed E-state index contributed by atoms with van der Waals surface area (Å²) in [6, 6.07) is 4.62. The lowest BCUT2D eigenvalue weighted by atomic mass is 10.0. The molecular formula is C12H17ClN2O2. The van der Waals surface area contributed by atoms with Gasteiger partial charge in [-0.05, 0) is 31.0 Å². The van der Waals surface area contributed by atoms with Gasteiger partial charge >= 0.3 is 0 Å². The van der Waals surface area contributed by atoms with Crippen LogP contribution in [0.15, 0.2) is 18.2 Å². The topological polar surface area (TPSA) is 75.3 Å². The lowest BCUT2D eigenvalue weighted by Gasteiger charge is -2.19. The van der Waals surface area contributed by atoms with Gasteiger partial charge < -0.3 is 16.2 Å². The number of anilines is 1.